The van der Waals surface area contributed by atoms with Crippen molar-refractivity contribution in [3.05, 3.63) is 36.1 Å². The van der Waals surface area contributed by atoms with E-state index in [1.807, 2.05) is 25.1 Å². The Morgan fingerprint density at radius 1 is 1.20 bits per heavy atom. The van der Waals surface area contributed by atoms with E-state index in [2.05, 4.69) is 15.8 Å². The number of hydrogen-bond acceptors (Lipinski definition) is 5. The maximum Gasteiger partial charge on any atom is 0.322 e. The Labute approximate surface area is 176 Å². The Hall–Kier alpha value is -3.03. The summed E-state index contributed by atoms with van der Waals surface area (Å²) in [5.74, 6) is 1.64. The number of urea groups is 1. The van der Waals surface area contributed by atoms with E-state index in [9.17, 15) is 9.59 Å². The second-order valence-corrected chi connectivity index (χ2v) is 7.61. The molecule has 1 aromatic heterocycles. The Balaban J connectivity index is 1.69. The molecular weight excluding hydrogens is 384 g/mol. The number of nitrogens with one attached hydrogen (secondary N) is 2. The van der Waals surface area contributed by atoms with Gasteiger partial charge in [0.05, 0.1) is 12.3 Å². The molecule has 0 spiro atoms. The van der Waals surface area contributed by atoms with Crippen molar-refractivity contribution in [2.45, 2.75) is 46.0 Å². The average Bonchev–Trinajstić information content (AvgIpc) is 3.14. The molecule has 1 aliphatic rings. The van der Waals surface area contributed by atoms with Crippen molar-refractivity contribution < 1.29 is 18.8 Å². The molecule has 8 heteroatoms. The van der Waals surface area contributed by atoms with Crippen LogP contribution in [0.3, 0.4) is 0 Å². The fourth-order valence-corrected chi connectivity index (χ4v) is 3.73. The van der Waals surface area contributed by atoms with Gasteiger partial charge in [-0.1, -0.05) is 36.6 Å². The third kappa shape index (κ3) is 6.23. The van der Waals surface area contributed by atoms with Crippen molar-refractivity contribution in [3.63, 3.8) is 0 Å². The van der Waals surface area contributed by atoms with Gasteiger partial charge >= 0.3 is 6.03 Å². The number of benzene rings is 1. The molecule has 2 aromatic rings. The van der Waals surface area contributed by atoms with E-state index in [-0.39, 0.29) is 18.5 Å². The first-order valence-electron chi connectivity index (χ1n) is 10.6. The van der Waals surface area contributed by atoms with Crippen molar-refractivity contribution in [2.24, 2.45) is 5.92 Å². The third-order valence-corrected chi connectivity index (χ3v) is 5.15. The highest BCUT2D eigenvalue weighted by Crippen LogP contribution is 2.26. The number of aryl methyl sites for hydroxylation is 1. The zero-order valence-corrected chi connectivity index (χ0v) is 17.6. The normalized spacial score (nSPS) is 14.2. The van der Waals surface area contributed by atoms with Gasteiger partial charge in [0.1, 0.15) is 18.1 Å². The lowest BCUT2D eigenvalue weighted by Crippen LogP contribution is -2.43. The number of para-hydroxylation sites is 2. The Bertz CT molecular complexity index is 845. The zero-order chi connectivity index (χ0) is 21.3. The number of carbonyl (C=O) groups excluding carboxylic acids is 2. The molecule has 1 heterocycles. The van der Waals surface area contributed by atoms with Crippen LogP contribution in [0.5, 0.6) is 5.75 Å². The number of aromatic nitrogens is 1. The van der Waals surface area contributed by atoms with E-state index in [0.717, 1.165) is 25.7 Å². The minimum Gasteiger partial charge on any atom is -0.492 e. The van der Waals surface area contributed by atoms with Crippen LogP contribution < -0.4 is 15.4 Å². The quantitative estimate of drug-likeness (QED) is 0.666. The molecule has 1 saturated carbocycles. The third-order valence-electron chi connectivity index (χ3n) is 5.15. The highest BCUT2D eigenvalue weighted by molar-refractivity contribution is 5.97. The number of ether oxygens (including phenoxy) is 1. The Morgan fingerprint density at radius 2 is 1.97 bits per heavy atom. The van der Waals surface area contributed by atoms with Crippen LogP contribution in [0.2, 0.25) is 0 Å². The Kier molecular flexibility index (Phi) is 7.70. The molecule has 1 aromatic carbocycles. The van der Waals surface area contributed by atoms with Gasteiger partial charge in [-0.25, -0.2) is 4.79 Å². The summed E-state index contributed by atoms with van der Waals surface area (Å²) < 4.78 is 10.6. The van der Waals surface area contributed by atoms with E-state index in [1.165, 1.54) is 6.42 Å². The van der Waals surface area contributed by atoms with E-state index in [0.29, 0.717) is 42.1 Å². The molecule has 0 radical (unpaired) electrons. The summed E-state index contributed by atoms with van der Waals surface area (Å²) in [6, 6.07) is 8.61. The van der Waals surface area contributed by atoms with Gasteiger partial charge in [0.2, 0.25) is 5.91 Å². The molecule has 0 aliphatic heterocycles. The van der Waals surface area contributed by atoms with Crippen LogP contribution in [-0.2, 0) is 4.79 Å². The SMILES string of the molecule is CCOc1ccccc1NC(=O)N(CC(=O)Nc1cc(C)on1)CC1CCCCC1. The molecule has 8 nitrogen and oxygen atoms in total. The maximum atomic E-state index is 13.1. The second kappa shape index (κ2) is 10.7. The summed E-state index contributed by atoms with van der Waals surface area (Å²) in [7, 11) is 0. The largest absolute Gasteiger partial charge is 0.492 e. The minimum atomic E-state index is -0.320. The molecular formula is C22H30N4O4. The van der Waals surface area contributed by atoms with Gasteiger partial charge in [-0.05, 0) is 44.7 Å². The zero-order valence-electron chi connectivity index (χ0n) is 17.6. The lowest BCUT2D eigenvalue weighted by Gasteiger charge is -2.29. The fraction of sp³-hybridized carbons (Fsp3) is 0.500. The van der Waals surface area contributed by atoms with Crippen molar-refractivity contribution in [2.75, 3.05) is 30.3 Å². The van der Waals surface area contributed by atoms with Crippen molar-refractivity contribution in [3.8, 4) is 5.75 Å². The lowest BCUT2D eigenvalue weighted by atomic mass is 9.89. The summed E-state index contributed by atoms with van der Waals surface area (Å²) in [6.07, 6.45) is 5.71. The Morgan fingerprint density at radius 3 is 2.67 bits per heavy atom. The van der Waals surface area contributed by atoms with Crippen LogP contribution in [0.25, 0.3) is 0 Å². The summed E-state index contributed by atoms with van der Waals surface area (Å²) in [6.45, 7) is 4.61. The monoisotopic (exact) mass is 414 g/mol. The highest BCUT2D eigenvalue weighted by Gasteiger charge is 2.24. The van der Waals surface area contributed by atoms with Crippen molar-refractivity contribution >= 4 is 23.4 Å². The van der Waals surface area contributed by atoms with E-state index < -0.39 is 0 Å². The summed E-state index contributed by atoms with van der Waals surface area (Å²) in [5, 5.41) is 9.38. The number of carbonyl (C=O) groups is 2. The molecule has 1 aliphatic carbocycles. The highest BCUT2D eigenvalue weighted by atomic mass is 16.5. The van der Waals surface area contributed by atoms with Gasteiger partial charge < -0.3 is 24.8 Å². The van der Waals surface area contributed by atoms with Gasteiger partial charge in [0.15, 0.2) is 5.82 Å². The molecule has 0 saturated heterocycles. The average molecular weight is 415 g/mol. The predicted molar refractivity (Wildman–Crippen MR) is 115 cm³/mol. The number of hydrogen-bond donors (Lipinski definition) is 2. The van der Waals surface area contributed by atoms with Gasteiger partial charge in [-0.15, -0.1) is 0 Å². The summed E-state index contributed by atoms with van der Waals surface area (Å²) >= 11 is 0. The summed E-state index contributed by atoms with van der Waals surface area (Å²) in [5.41, 5.74) is 0.588. The number of amides is 3. The predicted octanol–water partition coefficient (Wildman–Crippen LogP) is 4.43. The van der Waals surface area contributed by atoms with Crippen molar-refractivity contribution in [1.29, 1.82) is 0 Å². The van der Waals surface area contributed by atoms with Crippen molar-refractivity contribution in [1.82, 2.24) is 10.1 Å². The van der Waals surface area contributed by atoms with Crippen LogP contribution in [0.1, 0.15) is 44.8 Å². The minimum absolute atomic E-state index is 0.0644. The molecule has 0 atom stereocenters. The molecule has 1 fully saturated rings. The molecule has 2 N–H and O–H groups in total. The van der Waals surface area contributed by atoms with Crippen LogP contribution >= 0.6 is 0 Å². The molecule has 3 rings (SSSR count). The topological polar surface area (TPSA) is 96.7 Å². The van der Waals surface area contributed by atoms with Gasteiger partial charge in [0, 0.05) is 12.6 Å². The maximum absolute atomic E-state index is 13.1. The molecule has 162 valence electrons. The van der Waals surface area contributed by atoms with Gasteiger partial charge in [-0.3, -0.25) is 4.79 Å². The number of rotatable bonds is 8. The smallest absolute Gasteiger partial charge is 0.322 e. The molecule has 0 bridgehead atoms. The number of nitrogens with zero attached hydrogens (tertiary/aromatic N) is 2. The lowest BCUT2D eigenvalue weighted by molar-refractivity contribution is -0.116. The fourth-order valence-electron chi connectivity index (χ4n) is 3.73. The first-order chi connectivity index (χ1) is 14.5. The molecule has 3 amide bonds. The van der Waals surface area contributed by atoms with Crippen LogP contribution in [0.4, 0.5) is 16.3 Å². The first-order valence-corrected chi connectivity index (χ1v) is 10.6. The first kappa shape index (κ1) is 21.7. The van der Waals surface area contributed by atoms with Crippen LogP contribution in [0, 0.1) is 12.8 Å². The van der Waals surface area contributed by atoms with Crippen LogP contribution in [-0.4, -0.2) is 41.7 Å². The standard InChI is InChI=1S/C22H30N4O4/c1-3-29-19-12-8-7-11-18(19)23-22(28)26(14-17-9-5-4-6-10-17)15-21(27)24-20-13-16(2)30-25-20/h7-8,11-13,17H,3-6,9-10,14-15H2,1-2H3,(H,23,28)(H,24,25,27). The second-order valence-electron chi connectivity index (χ2n) is 7.61. The molecule has 0 unspecified atom stereocenters. The van der Waals surface area contributed by atoms with E-state index in [1.54, 1.807) is 24.0 Å². The number of anilines is 2. The summed E-state index contributed by atoms with van der Waals surface area (Å²) in [4.78, 5) is 27.2. The molecule has 30 heavy (non-hydrogen) atoms. The van der Waals surface area contributed by atoms with Gasteiger partial charge in [0.25, 0.3) is 0 Å². The van der Waals surface area contributed by atoms with E-state index in [4.69, 9.17) is 9.26 Å². The van der Waals surface area contributed by atoms with Crippen LogP contribution in [0.15, 0.2) is 34.9 Å². The van der Waals surface area contributed by atoms with Gasteiger partial charge in [-0.2, -0.15) is 0 Å². The van der Waals surface area contributed by atoms with E-state index >= 15 is 0 Å².